The van der Waals surface area contributed by atoms with E-state index >= 15 is 0 Å². The molecule has 0 saturated carbocycles. The number of benzene rings is 4. The van der Waals surface area contributed by atoms with Crippen molar-refractivity contribution in [3.05, 3.63) is 102 Å². The SMILES string of the molecule is O=C(Cc1ccc2ccccc2c1)NN=Cc1ccccc1-c1cc(C(F)(F)F)ccc1S(=O)(=O)O. The Labute approximate surface area is 204 Å². The van der Waals surface area contributed by atoms with E-state index in [9.17, 15) is 30.9 Å². The van der Waals surface area contributed by atoms with Gasteiger partial charge >= 0.3 is 6.18 Å². The first-order valence-corrected chi connectivity index (χ1v) is 12.0. The number of hydrogen-bond donors (Lipinski definition) is 2. The molecule has 0 fully saturated rings. The Bertz CT molecular complexity index is 1580. The van der Waals surface area contributed by atoms with Gasteiger partial charge in [0.15, 0.2) is 0 Å². The van der Waals surface area contributed by atoms with E-state index in [0.29, 0.717) is 18.2 Å². The standard InChI is InChI=1S/C26H19F3N2O4S/c27-26(28,29)21-11-12-24(36(33,34)35)23(15-21)22-8-4-3-7-20(22)16-30-31-25(32)14-17-9-10-18-5-1-2-6-19(18)13-17/h1-13,15-16H,14H2,(H,31,32)(H,33,34,35). The highest BCUT2D eigenvalue weighted by Gasteiger charge is 2.32. The van der Waals surface area contributed by atoms with Gasteiger partial charge in [0.1, 0.15) is 4.90 Å². The smallest absolute Gasteiger partial charge is 0.282 e. The molecule has 0 unspecified atom stereocenters. The number of halogens is 3. The minimum absolute atomic E-state index is 0.0460. The van der Waals surface area contributed by atoms with Gasteiger partial charge in [0.05, 0.1) is 18.2 Å². The molecule has 2 N–H and O–H groups in total. The molecule has 10 heteroatoms. The largest absolute Gasteiger partial charge is 0.416 e. The highest BCUT2D eigenvalue weighted by atomic mass is 32.2. The summed E-state index contributed by atoms with van der Waals surface area (Å²) in [6.07, 6.45) is -3.49. The molecule has 0 aliphatic heterocycles. The number of amides is 1. The molecule has 4 aromatic carbocycles. The zero-order valence-electron chi connectivity index (χ0n) is 18.5. The summed E-state index contributed by atoms with van der Waals surface area (Å²) in [4.78, 5) is 11.7. The zero-order valence-corrected chi connectivity index (χ0v) is 19.3. The van der Waals surface area contributed by atoms with Crippen LogP contribution in [0.4, 0.5) is 13.2 Å². The van der Waals surface area contributed by atoms with Gasteiger partial charge in [-0.05, 0) is 40.1 Å². The summed E-state index contributed by atoms with van der Waals surface area (Å²) in [6, 6.07) is 21.2. The fraction of sp³-hybridized carbons (Fsp3) is 0.0769. The van der Waals surface area contributed by atoms with Gasteiger partial charge in [0.25, 0.3) is 10.1 Å². The molecule has 36 heavy (non-hydrogen) atoms. The van der Waals surface area contributed by atoms with Crippen molar-refractivity contribution in [3.63, 3.8) is 0 Å². The van der Waals surface area contributed by atoms with Crippen molar-refractivity contribution in [2.24, 2.45) is 5.10 Å². The van der Waals surface area contributed by atoms with E-state index in [1.807, 2.05) is 42.5 Å². The molecule has 0 radical (unpaired) electrons. The first-order chi connectivity index (χ1) is 17.0. The van der Waals surface area contributed by atoms with Crippen molar-refractivity contribution in [3.8, 4) is 11.1 Å². The number of nitrogens with zero attached hydrogens (tertiary/aromatic N) is 1. The Morgan fingerprint density at radius 1 is 0.889 bits per heavy atom. The van der Waals surface area contributed by atoms with Gasteiger partial charge in [-0.2, -0.15) is 26.7 Å². The maximum Gasteiger partial charge on any atom is 0.416 e. The van der Waals surface area contributed by atoms with Crippen molar-refractivity contribution >= 4 is 33.0 Å². The second-order valence-electron chi connectivity index (χ2n) is 7.92. The molecule has 6 nitrogen and oxygen atoms in total. The molecule has 0 aliphatic carbocycles. The van der Waals surface area contributed by atoms with Crippen LogP contribution in [0.25, 0.3) is 21.9 Å². The van der Waals surface area contributed by atoms with Crippen molar-refractivity contribution < 1.29 is 30.9 Å². The topological polar surface area (TPSA) is 95.8 Å². The highest BCUT2D eigenvalue weighted by Crippen LogP contribution is 2.36. The van der Waals surface area contributed by atoms with Crippen LogP contribution in [0, 0.1) is 0 Å². The maximum atomic E-state index is 13.3. The van der Waals surface area contributed by atoms with Gasteiger partial charge < -0.3 is 0 Å². The van der Waals surface area contributed by atoms with Gasteiger partial charge in [0, 0.05) is 11.1 Å². The Kier molecular flexibility index (Phi) is 6.91. The van der Waals surface area contributed by atoms with E-state index in [4.69, 9.17) is 0 Å². The summed E-state index contributed by atoms with van der Waals surface area (Å²) in [5, 5.41) is 5.91. The van der Waals surface area contributed by atoms with Gasteiger partial charge in [-0.3, -0.25) is 9.35 Å². The third-order valence-corrected chi connectivity index (χ3v) is 6.32. The lowest BCUT2D eigenvalue weighted by Crippen LogP contribution is -2.19. The van der Waals surface area contributed by atoms with Crippen LogP contribution < -0.4 is 5.43 Å². The molecule has 0 aliphatic rings. The molecular weight excluding hydrogens is 493 g/mol. The first-order valence-electron chi connectivity index (χ1n) is 10.6. The van der Waals surface area contributed by atoms with Crippen molar-refractivity contribution in [1.29, 1.82) is 0 Å². The molecule has 184 valence electrons. The van der Waals surface area contributed by atoms with Crippen molar-refractivity contribution in [2.45, 2.75) is 17.5 Å². The van der Waals surface area contributed by atoms with Crippen LogP contribution in [0.1, 0.15) is 16.7 Å². The average molecular weight is 513 g/mol. The van der Waals surface area contributed by atoms with E-state index in [0.717, 1.165) is 16.3 Å². The Morgan fingerprint density at radius 3 is 2.31 bits per heavy atom. The number of fused-ring (bicyclic) bond motifs is 1. The third kappa shape index (κ3) is 5.78. The average Bonchev–Trinajstić information content (AvgIpc) is 2.83. The van der Waals surface area contributed by atoms with E-state index < -0.39 is 32.7 Å². The predicted octanol–water partition coefficient (Wildman–Crippen LogP) is 5.47. The van der Waals surface area contributed by atoms with Gasteiger partial charge in [-0.1, -0.05) is 66.7 Å². The fourth-order valence-corrected chi connectivity index (χ4v) is 4.43. The molecule has 0 saturated heterocycles. The summed E-state index contributed by atoms with van der Waals surface area (Å²) < 4.78 is 73.1. The summed E-state index contributed by atoms with van der Waals surface area (Å²) in [5.74, 6) is -0.420. The second-order valence-corrected chi connectivity index (χ2v) is 9.31. The van der Waals surface area contributed by atoms with Crippen LogP contribution >= 0.6 is 0 Å². The summed E-state index contributed by atoms with van der Waals surface area (Å²) in [5.41, 5.74) is 2.01. The zero-order chi connectivity index (χ0) is 25.9. The van der Waals surface area contributed by atoms with E-state index in [1.165, 1.54) is 24.4 Å². The third-order valence-electron chi connectivity index (χ3n) is 5.41. The lowest BCUT2D eigenvalue weighted by Gasteiger charge is -2.14. The van der Waals surface area contributed by atoms with E-state index in [1.54, 1.807) is 6.07 Å². The lowest BCUT2D eigenvalue weighted by atomic mass is 9.98. The number of nitrogens with one attached hydrogen (secondary N) is 1. The summed E-state index contributed by atoms with van der Waals surface area (Å²) in [6.45, 7) is 0. The molecule has 4 rings (SSSR count). The minimum atomic E-state index is -4.83. The molecule has 0 spiro atoms. The van der Waals surface area contributed by atoms with Crippen LogP contribution in [0.15, 0.2) is 94.9 Å². The highest BCUT2D eigenvalue weighted by molar-refractivity contribution is 7.86. The number of hydrogen-bond acceptors (Lipinski definition) is 4. The quantitative estimate of drug-likeness (QED) is 0.204. The van der Waals surface area contributed by atoms with Crippen LogP contribution in [0.5, 0.6) is 0 Å². The van der Waals surface area contributed by atoms with Gasteiger partial charge in [-0.15, -0.1) is 0 Å². The summed E-state index contributed by atoms with van der Waals surface area (Å²) in [7, 11) is -4.83. The van der Waals surface area contributed by atoms with E-state index in [-0.39, 0.29) is 23.1 Å². The molecule has 0 atom stereocenters. The Balaban J connectivity index is 1.59. The van der Waals surface area contributed by atoms with Crippen LogP contribution in [0.2, 0.25) is 0 Å². The molecule has 0 bridgehead atoms. The normalized spacial score (nSPS) is 12.2. The van der Waals surface area contributed by atoms with Crippen LogP contribution in [-0.4, -0.2) is 25.1 Å². The minimum Gasteiger partial charge on any atom is -0.282 e. The van der Waals surface area contributed by atoms with Gasteiger partial charge in [-0.25, -0.2) is 5.43 Å². The number of carbonyl (C=O) groups is 1. The molecule has 4 aromatic rings. The second kappa shape index (κ2) is 9.92. The predicted molar refractivity (Wildman–Crippen MR) is 130 cm³/mol. The summed E-state index contributed by atoms with van der Waals surface area (Å²) >= 11 is 0. The maximum absolute atomic E-state index is 13.3. The number of hydrazone groups is 1. The lowest BCUT2D eigenvalue weighted by molar-refractivity contribution is -0.137. The van der Waals surface area contributed by atoms with Crippen molar-refractivity contribution in [1.82, 2.24) is 5.43 Å². The number of alkyl halides is 3. The van der Waals surface area contributed by atoms with Crippen LogP contribution in [0.3, 0.4) is 0 Å². The van der Waals surface area contributed by atoms with Crippen LogP contribution in [-0.2, 0) is 27.5 Å². The van der Waals surface area contributed by atoms with E-state index in [2.05, 4.69) is 10.5 Å². The molecule has 0 heterocycles. The molecule has 1 amide bonds. The number of carbonyl (C=O) groups excluding carboxylic acids is 1. The Hall–Kier alpha value is -4.02. The molecule has 0 aromatic heterocycles. The van der Waals surface area contributed by atoms with Crippen molar-refractivity contribution in [2.75, 3.05) is 0 Å². The number of rotatable bonds is 6. The van der Waals surface area contributed by atoms with Gasteiger partial charge in [0.2, 0.25) is 5.91 Å². The Morgan fingerprint density at radius 2 is 1.58 bits per heavy atom. The monoisotopic (exact) mass is 512 g/mol. The first kappa shape index (κ1) is 25.1. The fourth-order valence-electron chi connectivity index (χ4n) is 3.74. The molecular formula is C26H19F3N2O4S.